The van der Waals surface area contributed by atoms with E-state index in [9.17, 15) is 14.7 Å². The van der Waals surface area contributed by atoms with Crippen LogP contribution in [-0.2, 0) is 16.0 Å². The summed E-state index contributed by atoms with van der Waals surface area (Å²) < 4.78 is 5.26. The summed E-state index contributed by atoms with van der Waals surface area (Å²) in [5.74, 6) is 0.145. The first-order chi connectivity index (χ1) is 12.6. The molecule has 0 radical (unpaired) electrons. The Morgan fingerprint density at radius 3 is 2.33 bits per heavy atom. The van der Waals surface area contributed by atoms with Crippen molar-refractivity contribution in [2.75, 3.05) is 6.54 Å². The predicted molar refractivity (Wildman–Crippen MR) is 106 cm³/mol. The molecule has 27 heavy (non-hydrogen) atoms. The summed E-state index contributed by atoms with van der Waals surface area (Å²) in [4.78, 5) is 24.1. The van der Waals surface area contributed by atoms with Gasteiger partial charge in [-0.1, -0.05) is 44.2 Å². The summed E-state index contributed by atoms with van der Waals surface area (Å²) in [6.07, 6.45) is 0.128. The SMILES string of the molecule is CC(C)C[C@H](NC(=O)OC(C)(C)C)C(O)CNC(=O)CCc1ccccc1. The summed E-state index contributed by atoms with van der Waals surface area (Å²) in [6, 6.07) is 9.28. The quantitative estimate of drug-likeness (QED) is 0.616. The Kier molecular flexibility index (Phi) is 9.29. The average molecular weight is 379 g/mol. The van der Waals surface area contributed by atoms with Gasteiger partial charge in [-0.2, -0.15) is 0 Å². The largest absolute Gasteiger partial charge is 0.444 e. The van der Waals surface area contributed by atoms with E-state index in [0.29, 0.717) is 19.3 Å². The molecule has 0 saturated heterocycles. The van der Waals surface area contributed by atoms with Gasteiger partial charge in [0.25, 0.3) is 0 Å². The average Bonchev–Trinajstić information content (AvgIpc) is 2.56. The van der Waals surface area contributed by atoms with Gasteiger partial charge < -0.3 is 20.5 Å². The number of amides is 2. The maximum absolute atomic E-state index is 12.0. The molecule has 0 spiro atoms. The minimum atomic E-state index is -0.888. The van der Waals surface area contributed by atoms with Crippen molar-refractivity contribution in [2.24, 2.45) is 5.92 Å². The minimum absolute atomic E-state index is 0.0841. The number of aliphatic hydroxyl groups is 1. The second-order valence-corrected chi connectivity index (χ2v) is 8.24. The van der Waals surface area contributed by atoms with Gasteiger partial charge in [0, 0.05) is 13.0 Å². The molecule has 3 N–H and O–H groups in total. The Balaban J connectivity index is 2.48. The number of alkyl carbamates (subject to hydrolysis) is 1. The Labute approximate surface area is 162 Å². The van der Waals surface area contributed by atoms with Crippen molar-refractivity contribution in [3.63, 3.8) is 0 Å². The summed E-state index contributed by atoms with van der Waals surface area (Å²) in [5.41, 5.74) is 0.487. The Hall–Kier alpha value is -2.08. The van der Waals surface area contributed by atoms with E-state index in [1.54, 1.807) is 20.8 Å². The van der Waals surface area contributed by atoms with Gasteiger partial charge in [0.1, 0.15) is 5.60 Å². The second kappa shape index (κ2) is 10.9. The second-order valence-electron chi connectivity index (χ2n) is 8.24. The van der Waals surface area contributed by atoms with Crippen molar-refractivity contribution in [2.45, 2.75) is 71.6 Å². The minimum Gasteiger partial charge on any atom is -0.444 e. The smallest absolute Gasteiger partial charge is 0.407 e. The van der Waals surface area contributed by atoms with Gasteiger partial charge in [-0.05, 0) is 45.1 Å². The summed E-state index contributed by atoms with van der Waals surface area (Å²) >= 11 is 0. The number of aryl methyl sites for hydroxylation is 1. The van der Waals surface area contributed by atoms with Crippen molar-refractivity contribution < 1.29 is 19.4 Å². The Bertz CT molecular complexity index is 582. The molecular formula is C21H34N2O4. The van der Waals surface area contributed by atoms with Gasteiger partial charge in [0.15, 0.2) is 0 Å². The van der Waals surface area contributed by atoms with E-state index in [1.165, 1.54) is 0 Å². The zero-order valence-corrected chi connectivity index (χ0v) is 17.1. The highest BCUT2D eigenvalue weighted by molar-refractivity contribution is 5.76. The first kappa shape index (κ1) is 23.0. The molecule has 0 aliphatic heterocycles. The van der Waals surface area contributed by atoms with Crippen molar-refractivity contribution in [3.05, 3.63) is 35.9 Å². The first-order valence-electron chi connectivity index (χ1n) is 9.55. The highest BCUT2D eigenvalue weighted by Crippen LogP contribution is 2.11. The number of hydrogen-bond acceptors (Lipinski definition) is 4. The van der Waals surface area contributed by atoms with Crippen LogP contribution in [-0.4, -0.2) is 41.4 Å². The zero-order valence-electron chi connectivity index (χ0n) is 17.1. The van der Waals surface area contributed by atoms with E-state index in [-0.39, 0.29) is 18.4 Å². The molecule has 0 fully saturated rings. The highest BCUT2D eigenvalue weighted by Gasteiger charge is 2.25. The lowest BCUT2D eigenvalue weighted by molar-refractivity contribution is -0.121. The molecule has 1 rings (SSSR count). The van der Waals surface area contributed by atoms with Crippen molar-refractivity contribution in [1.29, 1.82) is 0 Å². The predicted octanol–water partition coefficient (Wildman–Crippen LogP) is 3.04. The van der Waals surface area contributed by atoms with Gasteiger partial charge in [-0.3, -0.25) is 4.79 Å². The lowest BCUT2D eigenvalue weighted by atomic mass is 9.99. The molecule has 1 aromatic carbocycles. The topological polar surface area (TPSA) is 87.7 Å². The van der Waals surface area contributed by atoms with E-state index in [1.807, 2.05) is 44.2 Å². The molecule has 152 valence electrons. The van der Waals surface area contributed by atoms with Crippen LogP contribution in [0.3, 0.4) is 0 Å². The van der Waals surface area contributed by atoms with Crippen LogP contribution in [0, 0.1) is 5.92 Å². The standard InChI is InChI=1S/C21H34N2O4/c1-15(2)13-17(23-20(26)27-21(3,4)5)18(24)14-22-19(25)12-11-16-9-7-6-8-10-16/h6-10,15,17-18,24H,11-14H2,1-5H3,(H,22,25)(H,23,26)/t17-,18?/m0/s1. The number of rotatable bonds is 9. The monoisotopic (exact) mass is 378 g/mol. The molecule has 2 amide bonds. The highest BCUT2D eigenvalue weighted by atomic mass is 16.6. The summed E-state index contributed by atoms with van der Waals surface area (Å²) in [6.45, 7) is 9.46. The first-order valence-corrected chi connectivity index (χ1v) is 9.55. The number of hydrogen-bond donors (Lipinski definition) is 3. The molecule has 0 aliphatic rings. The molecule has 6 nitrogen and oxygen atoms in total. The van der Waals surface area contributed by atoms with Crippen molar-refractivity contribution in [3.8, 4) is 0 Å². The van der Waals surface area contributed by atoms with Gasteiger partial charge in [-0.25, -0.2) is 4.79 Å². The van der Waals surface area contributed by atoms with Crippen molar-refractivity contribution >= 4 is 12.0 Å². The fourth-order valence-electron chi connectivity index (χ4n) is 2.63. The van der Waals surface area contributed by atoms with E-state index >= 15 is 0 Å². The normalized spacial score (nSPS) is 13.7. The maximum Gasteiger partial charge on any atom is 0.407 e. The van der Waals surface area contributed by atoms with E-state index in [0.717, 1.165) is 5.56 Å². The lowest BCUT2D eigenvalue weighted by Gasteiger charge is -2.28. The fraction of sp³-hybridized carbons (Fsp3) is 0.619. The molecule has 1 unspecified atom stereocenters. The van der Waals surface area contributed by atoms with Crippen LogP contribution in [0.15, 0.2) is 30.3 Å². The van der Waals surface area contributed by atoms with E-state index < -0.39 is 23.8 Å². The fourth-order valence-corrected chi connectivity index (χ4v) is 2.63. The number of carbonyl (C=O) groups excluding carboxylic acids is 2. The van der Waals surface area contributed by atoms with Crippen LogP contribution < -0.4 is 10.6 Å². The molecule has 0 heterocycles. The van der Waals surface area contributed by atoms with Crippen LogP contribution in [0.4, 0.5) is 4.79 Å². The van der Waals surface area contributed by atoms with Crippen LogP contribution in [0.1, 0.15) is 53.0 Å². The number of nitrogens with one attached hydrogen (secondary N) is 2. The van der Waals surface area contributed by atoms with Crippen LogP contribution in [0.2, 0.25) is 0 Å². The van der Waals surface area contributed by atoms with Gasteiger partial charge in [-0.15, -0.1) is 0 Å². The van der Waals surface area contributed by atoms with Crippen LogP contribution in [0.5, 0.6) is 0 Å². The number of ether oxygens (including phenoxy) is 1. The number of benzene rings is 1. The Morgan fingerprint density at radius 1 is 1.15 bits per heavy atom. The molecule has 0 aliphatic carbocycles. The third-order valence-electron chi connectivity index (χ3n) is 3.88. The van der Waals surface area contributed by atoms with Crippen molar-refractivity contribution in [1.82, 2.24) is 10.6 Å². The third kappa shape index (κ3) is 10.6. The third-order valence-corrected chi connectivity index (χ3v) is 3.88. The maximum atomic E-state index is 12.0. The van der Waals surface area contributed by atoms with E-state index in [2.05, 4.69) is 10.6 Å². The van der Waals surface area contributed by atoms with Gasteiger partial charge in [0.2, 0.25) is 5.91 Å². The molecule has 1 aromatic rings. The van der Waals surface area contributed by atoms with E-state index in [4.69, 9.17) is 4.74 Å². The number of carbonyl (C=O) groups is 2. The Morgan fingerprint density at radius 2 is 1.78 bits per heavy atom. The van der Waals surface area contributed by atoms with Crippen LogP contribution in [0.25, 0.3) is 0 Å². The molecule has 0 saturated carbocycles. The summed E-state index contributed by atoms with van der Waals surface area (Å²) in [5, 5.41) is 15.9. The zero-order chi connectivity index (χ0) is 20.4. The molecule has 6 heteroatoms. The molecule has 0 bridgehead atoms. The van der Waals surface area contributed by atoms with Gasteiger partial charge >= 0.3 is 6.09 Å². The molecular weight excluding hydrogens is 344 g/mol. The molecule has 2 atom stereocenters. The number of aliphatic hydroxyl groups excluding tert-OH is 1. The van der Waals surface area contributed by atoms with Gasteiger partial charge in [0.05, 0.1) is 12.1 Å². The van der Waals surface area contributed by atoms with Crippen LogP contribution >= 0.6 is 0 Å². The summed E-state index contributed by atoms with van der Waals surface area (Å²) in [7, 11) is 0. The molecule has 0 aromatic heterocycles. The lowest BCUT2D eigenvalue weighted by Crippen LogP contribution is -2.50.